The molecule has 2 aliphatic rings. The minimum Gasteiger partial charge on any atom is -0.320 e. The van der Waals surface area contributed by atoms with Crippen molar-refractivity contribution in [3.63, 3.8) is 0 Å². The van der Waals surface area contributed by atoms with Gasteiger partial charge in [0.15, 0.2) is 0 Å². The standard InChI is InChI=1S/C16H19FN2O2S/c1-18(13-7-5-12(17)6-8-13)16(21)14-9-22-10-19(14)15(20)11-3-2-4-11/h5-8,11,14H,2-4,9-10H2,1H3/t14-/m0/s1. The quantitative estimate of drug-likeness (QED) is 0.858. The summed E-state index contributed by atoms with van der Waals surface area (Å²) in [7, 11) is 1.67. The molecule has 2 fully saturated rings. The molecule has 1 saturated carbocycles. The van der Waals surface area contributed by atoms with E-state index in [0.29, 0.717) is 17.3 Å². The monoisotopic (exact) mass is 322 g/mol. The van der Waals surface area contributed by atoms with Crippen molar-refractivity contribution in [2.45, 2.75) is 25.3 Å². The Hall–Kier alpha value is -1.56. The molecule has 1 aromatic rings. The second kappa shape index (κ2) is 6.28. The molecule has 2 amide bonds. The predicted molar refractivity (Wildman–Crippen MR) is 85.1 cm³/mol. The molecular weight excluding hydrogens is 303 g/mol. The van der Waals surface area contributed by atoms with Crippen molar-refractivity contribution >= 4 is 29.3 Å². The van der Waals surface area contributed by atoms with Gasteiger partial charge in [-0.2, -0.15) is 0 Å². The van der Waals surface area contributed by atoms with Crippen molar-refractivity contribution in [3.8, 4) is 0 Å². The normalized spacial score (nSPS) is 21.5. The van der Waals surface area contributed by atoms with E-state index in [-0.39, 0.29) is 23.5 Å². The molecule has 1 aromatic carbocycles. The molecule has 1 saturated heterocycles. The van der Waals surface area contributed by atoms with E-state index >= 15 is 0 Å². The van der Waals surface area contributed by atoms with Gasteiger partial charge in [0, 0.05) is 24.4 Å². The summed E-state index contributed by atoms with van der Waals surface area (Å²) in [5.74, 6) is 0.991. The van der Waals surface area contributed by atoms with Gasteiger partial charge in [0.1, 0.15) is 11.9 Å². The topological polar surface area (TPSA) is 40.6 Å². The number of thioether (sulfide) groups is 1. The molecule has 0 aromatic heterocycles. The van der Waals surface area contributed by atoms with Crippen LogP contribution in [0.15, 0.2) is 24.3 Å². The maximum atomic E-state index is 13.0. The van der Waals surface area contributed by atoms with Crippen LogP contribution in [0.5, 0.6) is 0 Å². The van der Waals surface area contributed by atoms with Crippen molar-refractivity contribution in [3.05, 3.63) is 30.1 Å². The number of benzene rings is 1. The fourth-order valence-electron chi connectivity index (χ4n) is 2.77. The lowest BCUT2D eigenvalue weighted by Crippen LogP contribution is -2.50. The average molecular weight is 322 g/mol. The van der Waals surface area contributed by atoms with Gasteiger partial charge in [-0.15, -0.1) is 11.8 Å². The zero-order valence-electron chi connectivity index (χ0n) is 12.5. The maximum Gasteiger partial charge on any atom is 0.250 e. The Morgan fingerprint density at radius 2 is 1.95 bits per heavy atom. The molecule has 0 unspecified atom stereocenters. The van der Waals surface area contributed by atoms with Gasteiger partial charge >= 0.3 is 0 Å². The SMILES string of the molecule is CN(C(=O)[C@@H]1CSCN1C(=O)C1CCC1)c1ccc(F)cc1. The Balaban J connectivity index is 1.72. The Morgan fingerprint density at radius 1 is 1.27 bits per heavy atom. The van der Waals surface area contributed by atoms with Crippen molar-refractivity contribution in [2.24, 2.45) is 5.92 Å². The van der Waals surface area contributed by atoms with E-state index in [2.05, 4.69) is 0 Å². The summed E-state index contributed by atoms with van der Waals surface area (Å²) in [6.07, 6.45) is 2.98. The number of nitrogens with zero attached hydrogens (tertiary/aromatic N) is 2. The van der Waals surface area contributed by atoms with Crippen LogP contribution in [0.2, 0.25) is 0 Å². The smallest absolute Gasteiger partial charge is 0.250 e. The van der Waals surface area contributed by atoms with Crippen molar-refractivity contribution < 1.29 is 14.0 Å². The first-order valence-electron chi connectivity index (χ1n) is 7.49. The minimum absolute atomic E-state index is 0.102. The van der Waals surface area contributed by atoms with Crippen LogP contribution in [0.1, 0.15) is 19.3 Å². The minimum atomic E-state index is -0.409. The first-order chi connectivity index (χ1) is 10.6. The van der Waals surface area contributed by atoms with Gasteiger partial charge in [-0.3, -0.25) is 9.59 Å². The van der Waals surface area contributed by atoms with E-state index in [4.69, 9.17) is 0 Å². The van der Waals surface area contributed by atoms with Crippen LogP contribution < -0.4 is 4.90 Å². The van der Waals surface area contributed by atoms with Gasteiger partial charge < -0.3 is 9.80 Å². The van der Waals surface area contributed by atoms with E-state index in [1.165, 1.54) is 17.0 Å². The van der Waals surface area contributed by atoms with Crippen molar-refractivity contribution in [1.82, 2.24) is 4.90 Å². The summed E-state index contributed by atoms with van der Waals surface area (Å²) in [6.45, 7) is 0. The van der Waals surface area contributed by atoms with Gasteiger partial charge in [-0.1, -0.05) is 6.42 Å². The molecular formula is C16H19FN2O2S. The molecule has 1 heterocycles. The first-order valence-corrected chi connectivity index (χ1v) is 8.65. The van der Waals surface area contributed by atoms with Gasteiger partial charge in [-0.25, -0.2) is 4.39 Å². The lowest BCUT2D eigenvalue weighted by molar-refractivity contribution is -0.142. The number of amides is 2. The number of carbonyl (C=O) groups excluding carboxylic acids is 2. The summed E-state index contributed by atoms with van der Waals surface area (Å²) < 4.78 is 13.0. The second-order valence-electron chi connectivity index (χ2n) is 5.83. The van der Waals surface area contributed by atoms with E-state index in [0.717, 1.165) is 19.3 Å². The van der Waals surface area contributed by atoms with E-state index in [1.54, 1.807) is 35.8 Å². The van der Waals surface area contributed by atoms with Gasteiger partial charge in [0.05, 0.1) is 5.88 Å². The van der Waals surface area contributed by atoms with Crippen LogP contribution in [-0.2, 0) is 9.59 Å². The third-order valence-corrected chi connectivity index (χ3v) is 5.46. The highest BCUT2D eigenvalue weighted by molar-refractivity contribution is 7.99. The average Bonchev–Trinajstić information content (AvgIpc) is 2.94. The Labute approximate surface area is 133 Å². The largest absolute Gasteiger partial charge is 0.320 e. The van der Waals surface area contributed by atoms with Crippen LogP contribution in [0, 0.1) is 11.7 Å². The molecule has 1 atom stereocenters. The second-order valence-corrected chi connectivity index (χ2v) is 6.82. The number of likely N-dealkylation sites (N-methyl/N-ethyl adjacent to an activating group) is 1. The van der Waals surface area contributed by atoms with Gasteiger partial charge in [0.25, 0.3) is 0 Å². The van der Waals surface area contributed by atoms with Gasteiger partial charge in [0.2, 0.25) is 11.8 Å². The van der Waals surface area contributed by atoms with Crippen LogP contribution in [0.4, 0.5) is 10.1 Å². The Kier molecular flexibility index (Phi) is 4.38. The fraction of sp³-hybridized carbons (Fsp3) is 0.500. The zero-order valence-corrected chi connectivity index (χ0v) is 13.3. The lowest BCUT2D eigenvalue weighted by atomic mass is 9.84. The lowest BCUT2D eigenvalue weighted by Gasteiger charge is -2.33. The highest BCUT2D eigenvalue weighted by Gasteiger charge is 2.40. The first kappa shape index (κ1) is 15.3. The third-order valence-electron chi connectivity index (χ3n) is 4.45. The molecule has 4 nitrogen and oxygen atoms in total. The number of rotatable bonds is 3. The Bertz CT molecular complexity index is 574. The summed E-state index contributed by atoms with van der Waals surface area (Å²) in [6, 6.07) is 5.41. The Morgan fingerprint density at radius 3 is 2.55 bits per heavy atom. The van der Waals surface area contributed by atoms with E-state index in [1.807, 2.05) is 0 Å². The number of hydrogen-bond acceptors (Lipinski definition) is 3. The van der Waals surface area contributed by atoms with Crippen LogP contribution >= 0.6 is 11.8 Å². The summed E-state index contributed by atoms with van der Waals surface area (Å²) in [5, 5.41) is 0. The molecule has 6 heteroatoms. The molecule has 0 bridgehead atoms. The van der Waals surface area contributed by atoms with Crippen LogP contribution in [-0.4, -0.2) is 41.4 Å². The molecule has 0 spiro atoms. The summed E-state index contributed by atoms with van der Waals surface area (Å²) >= 11 is 1.61. The van der Waals surface area contributed by atoms with Crippen LogP contribution in [0.3, 0.4) is 0 Å². The summed E-state index contributed by atoms with van der Waals surface area (Å²) in [4.78, 5) is 28.4. The number of anilines is 1. The molecule has 3 rings (SSSR count). The molecule has 118 valence electrons. The van der Waals surface area contributed by atoms with Crippen molar-refractivity contribution in [2.75, 3.05) is 23.6 Å². The number of halogens is 1. The van der Waals surface area contributed by atoms with Crippen LogP contribution in [0.25, 0.3) is 0 Å². The number of hydrogen-bond donors (Lipinski definition) is 0. The highest BCUT2D eigenvalue weighted by atomic mass is 32.2. The predicted octanol–water partition coefficient (Wildman–Crippen LogP) is 2.49. The van der Waals surface area contributed by atoms with E-state index < -0.39 is 6.04 Å². The molecule has 0 radical (unpaired) electrons. The summed E-state index contributed by atoms with van der Waals surface area (Å²) in [5.41, 5.74) is 0.638. The zero-order chi connectivity index (χ0) is 15.7. The van der Waals surface area contributed by atoms with Gasteiger partial charge in [-0.05, 0) is 37.1 Å². The molecule has 1 aliphatic heterocycles. The van der Waals surface area contributed by atoms with Crippen molar-refractivity contribution in [1.29, 1.82) is 0 Å². The molecule has 1 aliphatic carbocycles. The maximum absolute atomic E-state index is 13.0. The molecule has 0 N–H and O–H groups in total. The highest BCUT2D eigenvalue weighted by Crippen LogP contribution is 2.32. The third kappa shape index (κ3) is 2.84. The fourth-order valence-corrected chi connectivity index (χ4v) is 3.92. The van der Waals surface area contributed by atoms with E-state index in [9.17, 15) is 14.0 Å². The number of carbonyl (C=O) groups is 2. The molecule has 22 heavy (non-hydrogen) atoms.